The van der Waals surface area contributed by atoms with E-state index in [9.17, 15) is 0 Å². The van der Waals surface area contributed by atoms with E-state index in [1.54, 1.807) is 12.4 Å². The molecule has 104 valence electrons. The fourth-order valence-corrected chi connectivity index (χ4v) is 3.18. The lowest BCUT2D eigenvalue weighted by molar-refractivity contribution is 0.0895. The number of fused-ring (bicyclic) bond motifs is 1. The number of aromatic nitrogens is 3. The van der Waals surface area contributed by atoms with Crippen molar-refractivity contribution in [1.29, 1.82) is 0 Å². The van der Waals surface area contributed by atoms with Gasteiger partial charge in [0.05, 0.1) is 10.8 Å². The molecule has 7 heteroatoms. The molecule has 2 aromatic rings. The minimum Gasteiger partial charge on any atom is -0.361 e. The van der Waals surface area contributed by atoms with Crippen LogP contribution in [-0.4, -0.2) is 29.2 Å². The average Bonchev–Trinajstić information content (AvgIpc) is 2.66. The average molecular weight is 363 g/mol. The first-order chi connectivity index (χ1) is 8.87. The van der Waals surface area contributed by atoms with Gasteiger partial charge in [-0.25, -0.2) is 9.97 Å². The minimum atomic E-state index is -1.04. The molecule has 0 saturated heterocycles. The summed E-state index contributed by atoms with van der Waals surface area (Å²) in [6, 6.07) is 2.89. The molecule has 0 unspecified atom stereocenters. The molecule has 0 aliphatic carbocycles. The van der Waals surface area contributed by atoms with Crippen molar-refractivity contribution in [3.05, 3.63) is 22.0 Å². The third-order valence-corrected chi connectivity index (χ3v) is 5.22. The van der Waals surface area contributed by atoms with E-state index < -0.39 is 8.07 Å². The number of ether oxygens (including phenoxy) is 1. The fourth-order valence-electron chi connectivity index (χ4n) is 1.60. The second-order valence-corrected chi connectivity index (χ2v) is 12.5. The van der Waals surface area contributed by atoms with Gasteiger partial charge in [-0.15, -0.1) is 0 Å². The van der Waals surface area contributed by atoms with Crippen molar-refractivity contribution in [2.75, 3.05) is 6.61 Å². The number of hydrogen-bond acceptors (Lipinski definition) is 3. The van der Waals surface area contributed by atoms with Gasteiger partial charge in [-0.05, 0) is 28.0 Å². The lowest BCUT2D eigenvalue weighted by Gasteiger charge is -2.15. The van der Waals surface area contributed by atoms with E-state index in [1.165, 1.54) is 0 Å². The van der Waals surface area contributed by atoms with Crippen molar-refractivity contribution in [3.63, 3.8) is 0 Å². The third-order valence-electron chi connectivity index (χ3n) is 2.72. The minimum absolute atomic E-state index is 0.447. The summed E-state index contributed by atoms with van der Waals surface area (Å²) in [4.78, 5) is 8.60. The maximum absolute atomic E-state index is 5.96. The first kappa shape index (κ1) is 15.0. The number of rotatable bonds is 5. The van der Waals surface area contributed by atoms with Crippen LogP contribution < -0.4 is 0 Å². The van der Waals surface area contributed by atoms with Crippen molar-refractivity contribution >= 4 is 46.8 Å². The molecule has 0 aliphatic heterocycles. The second kappa shape index (κ2) is 5.91. The van der Waals surface area contributed by atoms with Crippen LogP contribution in [0.4, 0.5) is 0 Å². The van der Waals surface area contributed by atoms with Crippen molar-refractivity contribution in [1.82, 2.24) is 14.5 Å². The Bertz CT molecular complexity index is 582. The molecular weight excluding hydrogens is 346 g/mol. The number of nitrogens with zero attached hydrogens (tertiary/aromatic N) is 3. The van der Waals surface area contributed by atoms with Crippen LogP contribution in [-0.2, 0) is 11.5 Å². The lowest BCUT2D eigenvalue weighted by Crippen LogP contribution is -2.22. The Hall–Kier alpha value is -0.433. The molecule has 0 atom stereocenters. The third kappa shape index (κ3) is 4.01. The monoisotopic (exact) mass is 361 g/mol. The normalized spacial score (nSPS) is 12.3. The van der Waals surface area contributed by atoms with E-state index in [0.717, 1.165) is 28.3 Å². The number of hydrogen-bond donors (Lipinski definition) is 0. The van der Waals surface area contributed by atoms with Gasteiger partial charge in [-0.2, -0.15) is 0 Å². The molecule has 0 bridgehead atoms. The molecule has 0 aliphatic rings. The van der Waals surface area contributed by atoms with Gasteiger partial charge in [0.15, 0.2) is 5.65 Å². The van der Waals surface area contributed by atoms with Crippen molar-refractivity contribution < 1.29 is 4.74 Å². The van der Waals surface area contributed by atoms with Gasteiger partial charge in [-0.3, -0.25) is 4.57 Å². The molecule has 2 aromatic heterocycles. The van der Waals surface area contributed by atoms with Crippen LogP contribution in [0.5, 0.6) is 0 Å². The Balaban J connectivity index is 2.05. The Morgan fingerprint density at radius 3 is 2.84 bits per heavy atom. The quantitative estimate of drug-likeness (QED) is 0.455. The van der Waals surface area contributed by atoms with Gasteiger partial charge >= 0.3 is 0 Å². The van der Waals surface area contributed by atoms with Crippen molar-refractivity contribution in [2.24, 2.45) is 0 Å². The summed E-state index contributed by atoms with van der Waals surface area (Å²) < 4.78 is 8.42. The highest BCUT2D eigenvalue weighted by atomic mass is 79.9. The summed E-state index contributed by atoms with van der Waals surface area (Å²) in [6.45, 7) is 8.24. The smallest absolute Gasteiger partial charge is 0.164 e. The highest BCUT2D eigenvalue weighted by molar-refractivity contribution is 9.10. The van der Waals surface area contributed by atoms with E-state index in [2.05, 4.69) is 45.5 Å². The molecular formula is C12H17BrClN3OSi. The topological polar surface area (TPSA) is 39.9 Å². The number of pyridine rings is 1. The van der Waals surface area contributed by atoms with E-state index >= 15 is 0 Å². The summed E-state index contributed by atoms with van der Waals surface area (Å²) in [5.74, 6) is 0. The van der Waals surface area contributed by atoms with E-state index in [-0.39, 0.29) is 0 Å². The largest absolute Gasteiger partial charge is 0.361 e. The molecule has 0 spiro atoms. The van der Waals surface area contributed by atoms with Crippen molar-refractivity contribution in [2.45, 2.75) is 32.4 Å². The molecule has 0 fully saturated rings. The SMILES string of the molecule is C[Si](C)(C)CCOCn1cnc2c(Br)cc(Cl)nc21. The maximum atomic E-state index is 5.96. The van der Waals surface area contributed by atoms with Gasteiger partial charge in [-0.1, -0.05) is 31.2 Å². The summed E-state index contributed by atoms with van der Waals surface area (Å²) in [6.07, 6.45) is 1.73. The Labute approximate surface area is 127 Å². The molecule has 0 amide bonds. The van der Waals surface area contributed by atoms with Gasteiger partial charge in [0, 0.05) is 14.7 Å². The highest BCUT2D eigenvalue weighted by Gasteiger charge is 2.13. The Kier molecular flexibility index (Phi) is 4.65. The molecule has 0 saturated carbocycles. The van der Waals surface area contributed by atoms with Crippen LogP contribution in [0.15, 0.2) is 16.9 Å². The summed E-state index contributed by atoms with van der Waals surface area (Å²) in [5.41, 5.74) is 1.55. The molecule has 2 heterocycles. The van der Waals surface area contributed by atoms with Gasteiger partial charge in [0.25, 0.3) is 0 Å². The van der Waals surface area contributed by atoms with Crippen LogP contribution in [0.1, 0.15) is 0 Å². The molecule has 4 nitrogen and oxygen atoms in total. The van der Waals surface area contributed by atoms with E-state index in [1.807, 2.05) is 4.57 Å². The summed E-state index contributed by atoms with van der Waals surface area (Å²) >= 11 is 9.39. The van der Waals surface area contributed by atoms with E-state index in [4.69, 9.17) is 16.3 Å². The first-order valence-electron chi connectivity index (χ1n) is 6.11. The van der Waals surface area contributed by atoms with E-state index in [0.29, 0.717) is 11.9 Å². The number of imidazole rings is 1. The molecule has 0 aromatic carbocycles. The predicted octanol–water partition coefficient (Wildman–Crippen LogP) is 4.16. The molecule has 0 radical (unpaired) electrons. The molecule has 2 rings (SSSR count). The van der Waals surface area contributed by atoms with Crippen molar-refractivity contribution in [3.8, 4) is 0 Å². The Morgan fingerprint density at radius 2 is 2.16 bits per heavy atom. The van der Waals surface area contributed by atoms with Crippen LogP contribution in [0, 0.1) is 0 Å². The molecule has 19 heavy (non-hydrogen) atoms. The zero-order chi connectivity index (χ0) is 14.0. The zero-order valence-corrected chi connectivity index (χ0v) is 14.6. The highest BCUT2D eigenvalue weighted by Crippen LogP contribution is 2.24. The van der Waals surface area contributed by atoms with Crippen LogP contribution in [0.2, 0.25) is 30.8 Å². The maximum Gasteiger partial charge on any atom is 0.164 e. The zero-order valence-electron chi connectivity index (χ0n) is 11.3. The van der Waals surface area contributed by atoms with Gasteiger partial charge in [0.2, 0.25) is 0 Å². The Morgan fingerprint density at radius 1 is 1.42 bits per heavy atom. The first-order valence-corrected chi connectivity index (χ1v) is 11.0. The van der Waals surface area contributed by atoms with Gasteiger partial charge in [0.1, 0.15) is 17.4 Å². The lowest BCUT2D eigenvalue weighted by atomic mass is 10.4. The standard InChI is InChI=1S/C12H17BrClN3OSi/c1-19(2,3)5-4-18-8-17-7-15-11-9(13)6-10(14)16-12(11)17/h6-7H,4-5,8H2,1-3H3. The van der Waals surface area contributed by atoms with Crippen LogP contribution in [0.3, 0.4) is 0 Å². The predicted molar refractivity (Wildman–Crippen MR) is 84.3 cm³/mol. The second-order valence-electron chi connectivity index (χ2n) is 5.66. The van der Waals surface area contributed by atoms with Crippen LogP contribution in [0.25, 0.3) is 11.2 Å². The molecule has 0 N–H and O–H groups in total. The van der Waals surface area contributed by atoms with Crippen LogP contribution >= 0.6 is 27.5 Å². The summed E-state index contributed by atoms with van der Waals surface area (Å²) in [7, 11) is -1.04. The summed E-state index contributed by atoms with van der Waals surface area (Å²) in [5, 5.41) is 0.447. The number of halogens is 2. The van der Waals surface area contributed by atoms with Gasteiger partial charge < -0.3 is 4.74 Å². The fraction of sp³-hybridized carbons (Fsp3) is 0.500.